The van der Waals surface area contributed by atoms with E-state index in [4.69, 9.17) is 16.7 Å². The molecule has 0 aromatic heterocycles. The Morgan fingerprint density at radius 1 is 1.40 bits per heavy atom. The van der Waals surface area contributed by atoms with Crippen LogP contribution in [0.25, 0.3) is 0 Å². The molecule has 0 spiro atoms. The van der Waals surface area contributed by atoms with Gasteiger partial charge in [0.25, 0.3) is 5.69 Å². The number of carbonyl (C=O) groups is 2. The summed E-state index contributed by atoms with van der Waals surface area (Å²) in [6.45, 7) is 0.260. The highest BCUT2D eigenvalue weighted by Gasteiger charge is 2.12. The minimum absolute atomic E-state index is 0.0100. The summed E-state index contributed by atoms with van der Waals surface area (Å²) in [7, 11) is 0. The summed E-state index contributed by atoms with van der Waals surface area (Å²) in [5.41, 5.74) is 0.341. The summed E-state index contributed by atoms with van der Waals surface area (Å²) in [6.07, 6.45) is 0.317. The maximum atomic E-state index is 11.6. The molecule has 0 aliphatic heterocycles. The molecular formula is C12H13ClN2O5. The molecule has 108 valence electrons. The number of benzene rings is 1. The van der Waals surface area contributed by atoms with Gasteiger partial charge in [-0.25, -0.2) is 0 Å². The molecule has 0 unspecified atom stereocenters. The molecule has 1 rings (SSSR count). The summed E-state index contributed by atoms with van der Waals surface area (Å²) >= 11 is 5.86. The normalized spacial score (nSPS) is 10.1. The Balaban J connectivity index is 2.50. The van der Waals surface area contributed by atoms with Crippen LogP contribution in [0.3, 0.4) is 0 Å². The number of halogens is 1. The number of nitrogens with zero attached hydrogens (tertiary/aromatic N) is 1. The zero-order valence-electron chi connectivity index (χ0n) is 10.5. The van der Waals surface area contributed by atoms with Crippen molar-refractivity contribution in [2.24, 2.45) is 0 Å². The number of rotatable bonds is 7. The fourth-order valence-corrected chi connectivity index (χ4v) is 1.74. The van der Waals surface area contributed by atoms with E-state index in [2.05, 4.69) is 5.32 Å². The predicted molar refractivity (Wildman–Crippen MR) is 71.7 cm³/mol. The molecule has 0 saturated heterocycles. The highest BCUT2D eigenvalue weighted by atomic mass is 35.5. The van der Waals surface area contributed by atoms with Crippen LogP contribution in [0.2, 0.25) is 5.02 Å². The third-order valence-corrected chi connectivity index (χ3v) is 2.84. The second-order valence-corrected chi connectivity index (χ2v) is 4.46. The smallest absolute Gasteiger partial charge is 0.303 e. The molecule has 20 heavy (non-hydrogen) atoms. The number of carboxylic acids is 1. The number of hydrogen-bond acceptors (Lipinski definition) is 4. The van der Waals surface area contributed by atoms with Crippen molar-refractivity contribution in [3.63, 3.8) is 0 Å². The standard InChI is InChI=1S/C12H13ClN2O5/c13-10-7-9(15(19)20)4-3-8(10)6-11(16)14-5-1-2-12(17)18/h3-4,7H,1-2,5-6H2,(H,14,16)(H,17,18). The molecule has 0 radical (unpaired) electrons. The van der Waals surface area contributed by atoms with Crippen LogP contribution in [0.1, 0.15) is 18.4 Å². The van der Waals surface area contributed by atoms with Gasteiger partial charge in [0.15, 0.2) is 0 Å². The van der Waals surface area contributed by atoms with E-state index in [1.807, 2.05) is 0 Å². The van der Waals surface area contributed by atoms with Crippen molar-refractivity contribution in [2.45, 2.75) is 19.3 Å². The van der Waals surface area contributed by atoms with Crippen LogP contribution < -0.4 is 5.32 Å². The van der Waals surface area contributed by atoms with E-state index in [0.29, 0.717) is 12.0 Å². The first-order chi connectivity index (χ1) is 9.40. The Kier molecular flexibility index (Phi) is 5.92. The third-order valence-electron chi connectivity index (χ3n) is 2.49. The highest BCUT2D eigenvalue weighted by molar-refractivity contribution is 6.31. The van der Waals surface area contributed by atoms with E-state index >= 15 is 0 Å². The van der Waals surface area contributed by atoms with Gasteiger partial charge in [0.1, 0.15) is 0 Å². The lowest BCUT2D eigenvalue weighted by Crippen LogP contribution is -2.26. The third kappa shape index (κ3) is 5.23. The maximum absolute atomic E-state index is 11.6. The average molecular weight is 301 g/mol. The fraction of sp³-hybridized carbons (Fsp3) is 0.333. The largest absolute Gasteiger partial charge is 0.481 e. The van der Waals surface area contributed by atoms with Gasteiger partial charge in [-0.3, -0.25) is 19.7 Å². The van der Waals surface area contributed by atoms with E-state index in [9.17, 15) is 19.7 Å². The number of carboxylic acid groups (broad SMARTS) is 1. The van der Waals surface area contributed by atoms with Crippen LogP contribution in [-0.4, -0.2) is 28.5 Å². The average Bonchev–Trinajstić information content (AvgIpc) is 2.36. The summed E-state index contributed by atoms with van der Waals surface area (Å²) < 4.78 is 0. The van der Waals surface area contributed by atoms with Crippen LogP contribution in [0.4, 0.5) is 5.69 Å². The topological polar surface area (TPSA) is 110 Å². The van der Waals surface area contributed by atoms with Crippen LogP contribution in [-0.2, 0) is 16.0 Å². The van der Waals surface area contributed by atoms with Gasteiger partial charge in [0.2, 0.25) is 5.91 Å². The van der Waals surface area contributed by atoms with Gasteiger partial charge in [-0.05, 0) is 12.0 Å². The van der Waals surface area contributed by atoms with Crippen LogP contribution in [0.15, 0.2) is 18.2 Å². The van der Waals surface area contributed by atoms with Crippen molar-refractivity contribution in [1.82, 2.24) is 5.32 Å². The number of nitrogens with one attached hydrogen (secondary N) is 1. The molecule has 1 aromatic rings. The molecule has 0 atom stereocenters. The molecule has 0 heterocycles. The Morgan fingerprint density at radius 2 is 2.10 bits per heavy atom. The quantitative estimate of drug-likeness (QED) is 0.453. The molecule has 7 nitrogen and oxygen atoms in total. The molecule has 1 amide bonds. The molecule has 1 aromatic carbocycles. The SMILES string of the molecule is O=C(O)CCCNC(=O)Cc1ccc([N+](=O)[O-])cc1Cl. The van der Waals surface area contributed by atoms with Gasteiger partial charge in [-0.2, -0.15) is 0 Å². The van der Waals surface area contributed by atoms with Crippen molar-refractivity contribution in [2.75, 3.05) is 6.54 Å². The van der Waals surface area contributed by atoms with Crippen LogP contribution >= 0.6 is 11.6 Å². The van der Waals surface area contributed by atoms with Gasteiger partial charge in [-0.15, -0.1) is 0 Å². The monoisotopic (exact) mass is 300 g/mol. The number of aliphatic carboxylic acids is 1. The minimum atomic E-state index is -0.919. The summed E-state index contributed by atoms with van der Waals surface area (Å²) in [5.74, 6) is -1.23. The fourth-order valence-electron chi connectivity index (χ4n) is 1.50. The van der Waals surface area contributed by atoms with E-state index < -0.39 is 10.9 Å². The first-order valence-electron chi connectivity index (χ1n) is 5.81. The van der Waals surface area contributed by atoms with Gasteiger partial charge in [-0.1, -0.05) is 17.7 Å². The van der Waals surface area contributed by atoms with Crippen molar-refractivity contribution in [3.05, 3.63) is 38.9 Å². The van der Waals surface area contributed by atoms with Crippen molar-refractivity contribution in [3.8, 4) is 0 Å². The number of carbonyl (C=O) groups excluding carboxylic acids is 1. The van der Waals surface area contributed by atoms with E-state index in [1.54, 1.807) is 0 Å². The van der Waals surface area contributed by atoms with Crippen molar-refractivity contribution in [1.29, 1.82) is 0 Å². The molecule has 0 fully saturated rings. The lowest BCUT2D eigenvalue weighted by molar-refractivity contribution is -0.384. The molecule has 2 N–H and O–H groups in total. The molecule has 0 aliphatic rings. The zero-order chi connectivity index (χ0) is 15.1. The molecule has 0 saturated carbocycles. The van der Waals surface area contributed by atoms with E-state index in [-0.39, 0.29) is 36.0 Å². The summed E-state index contributed by atoms with van der Waals surface area (Å²) in [5, 5.41) is 21.7. The van der Waals surface area contributed by atoms with E-state index in [1.165, 1.54) is 18.2 Å². The summed E-state index contributed by atoms with van der Waals surface area (Å²) in [6, 6.07) is 3.89. The van der Waals surface area contributed by atoms with Gasteiger partial charge >= 0.3 is 5.97 Å². The van der Waals surface area contributed by atoms with Crippen LogP contribution in [0.5, 0.6) is 0 Å². The Morgan fingerprint density at radius 3 is 2.65 bits per heavy atom. The molecular weight excluding hydrogens is 288 g/mol. The van der Waals surface area contributed by atoms with Gasteiger partial charge < -0.3 is 10.4 Å². The first-order valence-corrected chi connectivity index (χ1v) is 6.19. The summed E-state index contributed by atoms with van der Waals surface area (Å²) in [4.78, 5) is 31.8. The Labute approximate surface area is 119 Å². The number of hydrogen-bond donors (Lipinski definition) is 2. The van der Waals surface area contributed by atoms with Crippen molar-refractivity contribution < 1.29 is 19.6 Å². The number of nitro benzene ring substituents is 1. The number of nitro groups is 1. The van der Waals surface area contributed by atoms with E-state index in [0.717, 1.165) is 0 Å². The highest BCUT2D eigenvalue weighted by Crippen LogP contribution is 2.22. The lowest BCUT2D eigenvalue weighted by atomic mass is 10.1. The zero-order valence-corrected chi connectivity index (χ0v) is 11.2. The second kappa shape index (κ2) is 7.44. The van der Waals surface area contributed by atoms with Crippen LogP contribution in [0, 0.1) is 10.1 Å². The lowest BCUT2D eigenvalue weighted by Gasteiger charge is -2.06. The Bertz CT molecular complexity index is 533. The first kappa shape index (κ1) is 15.9. The number of amides is 1. The Hall–Kier alpha value is -2.15. The molecule has 8 heteroatoms. The maximum Gasteiger partial charge on any atom is 0.303 e. The second-order valence-electron chi connectivity index (χ2n) is 4.06. The molecule has 0 aliphatic carbocycles. The van der Waals surface area contributed by atoms with Gasteiger partial charge in [0.05, 0.1) is 16.4 Å². The van der Waals surface area contributed by atoms with Gasteiger partial charge in [0, 0.05) is 25.1 Å². The van der Waals surface area contributed by atoms with Crippen molar-refractivity contribution >= 4 is 29.2 Å². The number of non-ortho nitro benzene ring substituents is 1. The predicted octanol–water partition coefficient (Wildman–Crippen LogP) is 1.77. The molecule has 0 bridgehead atoms. The minimum Gasteiger partial charge on any atom is -0.481 e.